The minimum absolute atomic E-state index is 0.506. The van der Waals surface area contributed by atoms with Crippen molar-refractivity contribution < 1.29 is 4.74 Å². The summed E-state index contributed by atoms with van der Waals surface area (Å²) in [4.78, 5) is 11.2. The molecule has 0 saturated carbocycles. The van der Waals surface area contributed by atoms with Gasteiger partial charge in [0.1, 0.15) is 5.75 Å². The summed E-state index contributed by atoms with van der Waals surface area (Å²) in [7, 11) is 1.86. The summed E-state index contributed by atoms with van der Waals surface area (Å²) in [5, 5.41) is 14.0. The number of hydrogen-bond acceptors (Lipinski definition) is 7. The normalized spacial score (nSPS) is 13.8. The predicted octanol–water partition coefficient (Wildman–Crippen LogP) is 3.03. The van der Waals surface area contributed by atoms with Gasteiger partial charge in [0.25, 0.3) is 0 Å². The van der Waals surface area contributed by atoms with E-state index in [0.29, 0.717) is 35.1 Å². The van der Waals surface area contributed by atoms with Crippen LogP contribution in [-0.2, 0) is 13.5 Å². The Morgan fingerprint density at radius 3 is 2.60 bits per heavy atom. The van der Waals surface area contributed by atoms with Gasteiger partial charge in [-0.3, -0.25) is 0 Å². The molecule has 0 aliphatic carbocycles. The van der Waals surface area contributed by atoms with Gasteiger partial charge in [-0.2, -0.15) is 10.4 Å². The molecule has 1 aliphatic rings. The number of nitriles is 1. The van der Waals surface area contributed by atoms with E-state index >= 15 is 0 Å². The van der Waals surface area contributed by atoms with Gasteiger partial charge in [0.05, 0.1) is 17.2 Å². The third-order valence-electron chi connectivity index (χ3n) is 5.21. The summed E-state index contributed by atoms with van der Waals surface area (Å²) in [6.07, 6.45) is 7.90. The lowest BCUT2D eigenvalue weighted by atomic mass is 10.1. The third kappa shape index (κ3) is 4.26. The molecule has 0 atom stereocenters. The quantitative estimate of drug-likeness (QED) is 0.674. The Morgan fingerprint density at radius 1 is 1.13 bits per heavy atom. The van der Waals surface area contributed by atoms with Gasteiger partial charge in [-0.1, -0.05) is 0 Å². The van der Waals surface area contributed by atoms with E-state index in [2.05, 4.69) is 26.0 Å². The molecule has 0 unspecified atom stereocenters. The molecule has 0 bridgehead atoms. The summed E-state index contributed by atoms with van der Waals surface area (Å²) in [6.45, 7) is 2.57. The molecule has 8 heteroatoms. The van der Waals surface area contributed by atoms with Crippen LogP contribution in [0.3, 0.4) is 0 Å². The Hall–Kier alpha value is -3.44. The number of nitrogens with two attached hydrogens (primary N) is 1. The highest BCUT2D eigenvalue weighted by Crippen LogP contribution is 2.34. The summed E-state index contributed by atoms with van der Waals surface area (Å²) in [6, 6.07) is 9.37. The van der Waals surface area contributed by atoms with Gasteiger partial charge >= 0.3 is 0 Å². The van der Waals surface area contributed by atoms with Crippen molar-refractivity contribution in [1.82, 2.24) is 19.7 Å². The molecule has 1 saturated heterocycles. The predicted molar refractivity (Wildman–Crippen MR) is 114 cm³/mol. The summed E-state index contributed by atoms with van der Waals surface area (Å²) in [5.74, 6) is 2.57. The molecule has 0 radical (unpaired) electrons. The van der Waals surface area contributed by atoms with Crippen LogP contribution >= 0.6 is 0 Å². The lowest BCUT2D eigenvalue weighted by Crippen LogP contribution is -2.29. The first-order valence-corrected chi connectivity index (χ1v) is 10.2. The highest BCUT2D eigenvalue weighted by atomic mass is 16.5. The molecule has 0 spiro atoms. The molecule has 1 aromatic carbocycles. The molecule has 0 amide bonds. The molecule has 8 nitrogen and oxygen atoms in total. The summed E-state index contributed by atoms with van der Waals surface area (Å²) in [5.41, 5.74) is 7.81. The van der Waals surface area contributed by atoms with Crippen molar-refractivity contribution in [3.63, 3.8) is 0 Å². The van der Waals surface area contributed by atoms with E-state index in [1.54, 1.807) is 29.2 Å². The number of aromatic nitrogens is 4. The Morgan fingerprint density at radius 2 is 1.90 bits per heavy atom. The molecule has 1 aliphatic heterocycles. The van der Waals surface area contributed by atoms with Crippen LogP contribution in [0.15, 0.2) is 36.7 Å². The van der Waals surface area contributed by atoms with Crippen molar-refractivity contribution in [3.05, 3.63) is 47.8 Å². The lowest BCUT2D eigenvalue weighted by Gasteiger charge is -2.26. The van der Waals surface area contributed by atoms with E-state index in [0.717, 1.165) is 30.9 Å². The Balaban J connectivity index is 1.65. The standard InChI is InChI=1S/C22H25N7O/c1-28-21(12-20(27-28)29-9-3-2-4-10-29)30-19-11-16(13-24)5-6-18(19)22-25-14-17(7-8-23)15-26-22/h5-6,11-12,14-15H,2-4,7-10,23H2,1H3. The number of benzene rings is 1. The van der Waals surface area contributed by atoms with E-state index in [-0.39, 0.29) is 0 Å². The number of hydrogen-bond donors (Lipinski definition) is 1. The minimum Gasteiger partial charge on any atom is -0.438 e. The molecule has 30 heavy (non-hydrogen) atoms. The number of rotatable bonds is 6. The van der Waals surface area contributed by atoms with Gasteiger partial charge in [-0.25, -0.2) is 14.6 Å². The van der Waals surface area contributed by atoms with Crippen molar-refractivity contribution in [1.29, 1.82) is 5.26 Å². The minimum atomic E-state index is 0.506. The molecule has 2 aromatic heterocycles. The van der Waals surface area contributed by atoms with E-state index in [9.17, 15) is 5.26 Å². The molecular formula is C22H25N7O. The number of piperidine rings is 1. The zero-order valence-corrected chi connectivity index (χ0v) is 17.1. The first kappa shape index (κ1) is 19.9. The number of aryl methyl sites for hydroxylation is 1. The topological polar surface area (TPSA) is 106 Å². The van der Waals surface area contributed by atoms with Crippen molar-refractivity contribution >= 4 is 5.82 Å². The number of anilines is 1. The monoisotopic (exact) mass is 403 g/mol. The van der Waals surface area contributed by atoms with Crippen LogP contribution in [0.4, 0.5) is 5.82 Å². The second kappa shape index (κ2) is 8.93. The van der Waals surface area contributed by atoms with Crippen molar-refractivity contribution in [2.24, 2.45) is 12.8 Å². The molecule has 2 N–H and O–H groups in total. The zero-order chi connectivity index (χ0) is 20.9. The summed E-state index contributed by atoms with van der Waals surface area (Å²) >= 11 is 0. The second-order valence-corrected chi connectivity index (χ2v) is 7.39. The number of nitrogens with zero attached hydrogens (tertiary/aromatic N) is 6. The van der Waals surface area contributed by atoms with Crippen LogP contribution in [0.1, 0.15) is 30.4 Å². The van der Waals surface area contributed by atoms with E-state index < -0.39 is 0 Å². The van der Waals surface area contributed by atoms with Gasteiger partial charge < -0.3 is 15.4 Å². The Kier molecular flexibility index (Phi) is 5.91. The molecular weight excluding hydrogens is 378 g/mol. The Bertz CT molecular complexity index is 1050. The summed E-state index contributed by atoms with van der Waals surface area (Å²) < 4.78 is 7.93. The van der Waals surface area contributed by atoms with Gasteiger partial charge in [-0.15, -0.1) is 0 Å². The maximum atomic E-state index is 9.34. The van der Waals surface area contributed by atoms with Gasteiger partial charge in [-0.05, 0) is 56.0 Å². The maximum Gasteiger partial charge on any atom is 0.219 e. The van der Waals surface area contributed by atoms with Crippen LogP contribution < -0.4 is 15.4 Å². The SMILES string of the molecule is Cn1nc(N2CCCCC2)cc1Oc1cc(C#N)ccc1-c1ncc(CCN)cn1. The molecule has 154 valence electrons. The second-order valence-electron chi connectivity index (χ2n) is 7.39. The fourth-order valence-electron chi connectivity index (χ4n) is 3.57. The fraction of sp³-hybridized carbons (Fsp3) is 0.364. The van der Waals surface area contributed by atoms with Crippen molar-refractivity contribution in [2.75, 3.05) is 24.5 Å². The molecule has 4 rings (SSSR count). The van der Waals surface area contributed by atoms with Crippen LogP contribution in [0.5, 0.6) is 11.6 Å². The van der Waals surface area contributed by atoms with Crippen LogP contribution in [-0.4, -0.2) is 39.4 Å². The van der Waals surface area contributed by atoms with Crippen molar-refractivity contribution in [3.8, 4) is 29.1 Å². The molecule has 1 fully saturated rings. The average molecular weight is 403 g/mol. The highest BCUT2D eigenvalue weighted by Gasteiger charge is 2.18. The first-order chi connectivity index (χ1) is 14.7. The van der Waals surface area contributed by atoms with Crippen LogP contribution in [0.2, 0.25) is 0 Å². The third-order valence-corrected chi connectivity index (χ3v) is 5.21. The molecule has 3 aromatic rings. The number of ether oxygens (including phenoxy) is 1. The van der Waals surface area contributed by atoms with Gasteiger partial charge in [0, 0.05) is 38.6 Å². The smallest absolute Gasteiger partial charge is 0.219 e. The zero-order valence-electron chi connectivity index (χ0n) is 17.1. The van der Waals surface area contributed by atoms with Gasteiger partial charge in [0.2, 0.25) is 5.88 Å². The maximum absolute atomic E-state index is 9.34. The van der Waals surface area contributed by atoms with Gasteiger partial charge in [0.15, 0.2) is 11.6 Å². The fourth-order valence-corrected chi connectivity index (χ4v) is 3.57. The van der Waals surface area contributed by atoms with E-state index in [1.807, 2.05) is 19.2 Å². The van der Waals surface area contributed by atoms with Crippen LogP contribution in [0.25, 0.3) is 11.4 Å². The van der Waals surface area contributed by atoms with E-state index in [4.69, 9.17) is 10.5 Å². The van der Waals surface area contributed by atoms with Crippen LogP contribution in [0, 0.1) is 11.3 Å². The lowest BCUT2D eigenvalue weighted by molar-refractivity contribution is 0.431. The Labute approximate surface area is 175 Å². The first-order valence-electron chi connectivity index (χ1n) is 10.2. The van der Waals surface area contributed by atoms with E-state index in [1.165, 1.54) is 19.3 Å². The average Bonchev–Trinajstić information content (AvgIpc) is 3.15. The van der Waals surface area contributed by atoms with Crippen molar-refractivity contribution in [2.45, 2.75) is 25.7 Å². The highest BCUT2D eigenvalue weighted by molar-refractivity contribution is 5.66. The molecule has 3 heterocycles. The largest absolute Gasteiger partial charge is 0.438 e.